The van der Waals surface area contributed by atoms with E-state index in [0.29, 0.717) is 53.9 Å². The Balaban J connectivity index is 1.05. The standard InChI is InChI=1S/C36H46N6O5/c1-22-16-35(37)20-39-28-14-32(30(44-5)12-26(28)24(3)25(4)41(35)18-22)46-10-8-7-9-11-47-33-15-29-27(13-31(33)45-6)34(43)42-19-23(2)17-36(42,38)21-40-29/h12-15,18-21,24-25H,7-11,16-17,37-38H2,1-6H3/b39-20-/t24?,25?,35-,36-/m0/s1. The summed E-state index contributed by atoms with van der Waals surface area (Å²) in [6, 6.07) is 7.63. The van der Waals surface area contributed by atoms with Crippen molar-refractivity contribution < 1.29 is 23.7 Å². The van der Waals surface area contributed by atoms with E-state index in [2.05, 4.69) is 36.9 Å². The fraction of sp³-hybridized carbons (Fsp3) is 0.472. The minimum Gasteiger partial charge on any atom is -0.493 e. The number of rotatable bonds is 10. The zero-order valence-corrected chi connectivity index (χ0v) is 28.2. The van der Waals surface area contributed by atoms with Gasteiger partial charge in [0.2, 0.25) is 0 Å². The number of fused-ring (bicyclic) bond motifs is 4. The number of aliphatic imine (C=N–C) groups is 2. The predicted octanol–water partition coefficient (Wildman–Crippen LogP) is 5.92. The smallest absolute Gasteiger partial charge is 0.261 e. The molecule has 1 amide bonds. The van der Waals surface area contributed by atoms with Crippen LogP contribution in [-0.2, 0) is 0 Å². The summed E-state index contributed by atoms with van der Waals surface area (Å²) in [6.07, 6.45) is 11.3. The van der Waals surface area contributed by atoms with Crippen molar-refractivity contribution in [3.63, 3.8) is 0 Å². The van der Waals surface area contributed by atoms with Gasteiger partial charge < -0.3 is 35.3 Å². The van der Waals surface area contributed by atoms with E-state index < -0.39 is 11.3 Å². The van der Waals surface area contributed by atoms with E-state index in [9.17, 15) is 4.79 Å². The molecule has 47 heavy (non-hydrogen) atoms. The van der Waals surface area contributed by atoms with Gasteiger partial charge in [0.1, 0.15) is 11.3 Å². The monoisotopic (exact) mass is 642 g/mol. The Morgan fingerprint density at radius 2 is 1.36 bits per heavy atom. The first-order valence-corrected chi connectivity index (χ1v) is 16.3. The average molecular weight is 643 g/mol. The number of benzene rings is 2. The summed E-state index contributed by atoms with van der Waals surface area (Å²) in [5, 5.41) is 0. The second kappa shape index (κ2) is 12.7. The van der Waals surface area contributed by atoms with Crippen LogP contribution in [0.3, 0.4) is 0 Å². The Morgan fingerprint density at radius 3 is 2.04 bits per heavy atom. The van der Waals surface area contributed by atoms with Crippen molar-refractivity contribution in [1.82, 2.24) is 9.80 Å². The molecule has 0 aromatic heterocycles. The first kappa shape index (κ1) is 32.6. The van der Waals surface area contributed by atoms with Gasteiger partial charge in [0.15, 0.2) is 23.0 Å². The number of nitrogens with two attached hydrogens (primary N) is 2. The molecule has 0 saturated carbocycles. The summed E-state index contributed by atoms with van der Waals surface area (Å²) >= 11 is 0. The molecule has 0 saturated heterocycles. The number of nitrogens with zero attached hydrogens (tertiary/aromatic N) is 4. The minimum absolute atomic E-state index is 0.178. The molecule has 2 aromatic rings. The van der Waals surface area contributed by atoms with Crippen molar-refractivity contribution >= 4 is 29.7 Å². The van der Waals surface area contributed by atoms with E-state index in [0.717, 1.165) is 42.5 Å². The first-order chi connectivity index (χ1) is 22.5. The van der Waals surface area contributed by atoms with Gasteiger partial charge >= 0.3 is 0 Å². The van der Waals surface area contributed by atoms with E-state index in [1.807, 2.05) is 25.3 Å². The second-order valence-corrected chi connectivity index (χ2v) is 13.3. The van der Waals surface area contributed by atoms with E-state index in [1.165, 1.54) is 5.57 Å². The molecule has 11 heteroatoms. The highest BCUT2D eigenvalue weighted by Crippen LogP contribution is 2.44. The van der Waals surface area contributed by atoms with Crippen LogP contribution in [0.15, 0.2) is 57.8 Å². The largest absolute Gasteiger partial charge is 0.493 e. The molecule has 2 unspecified atom stereocenters. The highest BCUT2D eigenvalue weighted by Gasteiger charge is 2.42. The van der Waals surface area contributed by atoms with Crippen LogP contribution in [0.5, 0.6) is 23.0 Å². The molecular weight excluding hydrogens is 596 g/mol. The fourth-order valence-electron chi connectivity index (χ4n) is 6.98. The Hall–Kier alpha value is -4.35. The van der Waals surface area contributed by atoms with Gasteiger partial charge in [0, 0.05) is 61.8 Å². The first-order valence-electron chi connectivity index (χ1n) is 16.3. The number of carbonyl (C=O) groups is 1. The average Bonchev–Trinajstić information content (AvgIpc) is 3.50. The number of carbonyl (C=O) groups excluding carboxylic acids is 1. The van der Waals surface area contributed by atoms with E-state index in [4.69, 9.17) is 35.4 Å². The molecule has 250 valence electrons. The van der Waals surface area contributed by atoms with Crippen molar-refractivity contribution in [1.29, 1.82) is 0 Å². The molecule has 4 N–H and O–H groups in total. The molecule has 4 aliphatic heterocycles. The van der Waals surface area contributed by atoms with Gasteiger partial charge in [-0.1, -0.05) is 18.1 Å². The van der Waals surface area contributed by atoms with E-state index in [1.54, 1.807) is 43.7 Å². The summed E-state index contributed by atoms with van der Waals surface area (Å²) in [5.74, 6) is 2.34. The highest BCUT2D eigenvalue weighted by molar-refractivity contribution is 6.05. The number of ether oxygens (including phenoxy) is 4. The highest BCUT2D eigenvalue weighted by atomic mass is 16.5. The van der Waals surface area contributed by atoms with Gasteiger partial charge in [-0.3, -0.25) is 19.7 Å². The third kappa shape index (κ3) is 6.09. The van der Waals surface area contributed by atoms with Gasteiger partial charge in [-0.05, 0) is 57.7 Å². The molecular formula is C36H46N6O5. The van der Waals surface area contributed by atoms with Crippen molar-refractivity contribution in [2.45, 2.75) is 83.1 Å². The van der Waals surface area contributed by atoms with Crippen LogP contribution in [0.2, 0.25) is 0 Å². The molecule has 4 aliphatic rings. The summed E-state index contributed by atoms with van der Waals surface area (Å²) < 4.78 is 23.6. The van der Waals surface area contributed by atoms with Gasteiger partial charge in [0.25, 0.3) is 5.91 Å². The van der Waals surface area contributed by atoms with Gasteiger partial charge in [-0.15, -0.1) is 0 Å². The molecule has 6 rings (SSSR count). The van der Waals surface area contributed by atoms with Crippen LogP contribution < -0.4 is 30.4 Å². The lowest BCUT2D eigenvalue weighted by atomic mass is 9.89. The fourth-order valence-corrected chi connectivity index (χ4v) is 6.98. The molecule has 0 aliphatic carbocycles. The quantitative estimate of drug-likeness (QED) is 0.305. The van der Waals surface area contributed by atoms with Crippen molar-refractivity contribution in [3.05, 3.63) is 58.9 Å². The van der Waals surface area contributed by atoms with E-state index in [-0.39, 0.29) is 17.9 Å². The van der Waals surface area contributed by atoms with E-state index >= 15 is 0 Å². The van der Waals surface area contributed by atoms with Crippen LogP contribution in [0.25, 0.3) is 0 Å². The van der Waals surface area contributed by atoms with Crippen LogP contribution >= 0.6 is 0 Å². The van der Waals surface area contributed by atoms with Crippen LogP contribution in [0, 0.1) is 0 Å². The lowest BCUT2D eigenvalue weighted by Crippen LogP contribution is -2.57. The van der Waals surface area contributed by atoms with Gasteiger partial charge in [-0.25, -0.2) is 0 Å². The maximum atomic E-state index is 13.3. The summed E-state index contributed by atoms with van der Waals surface area (Å²) in [7, 11) is 3.22. The Morgan fingerprint density at radius 1 is 0.787 bits per heavy atom. The van der Waals surface area contributed by atoms with Crippen molar-refractivity contribution in [2.24, 2.45) is 21.5 Å². The minimum atomic E-state index is -0.968. The molecule has 11 nitrogen and oxygen atoms in total. The molecule has 0 fully saturated rings. The molecule has 0 radical (unpaired) electrons. The van der Waals surface area contributed by atoms with Crippen LogP contribution in [-0.4, -0.2) is 72.9 Å². The van der Waals surface area contributed by atoms with Crippen LogP contribution in [0.4, 0.5) is 11.4 Å². The SMILES string of the molecule is COc1cc2c(cc1OCCCCCOc1cc3c(cc1OC)C(C)C(C)N1C=C(C)C[C@@]1(N)/C=N\3)N=C[C@]1(N)CC(C)=CN1C2=O. The molecule has 0 spiro atoms. The Labute approximate surface area is 276 Å². The predicted molar refractivity (Wildman–Crippen MR) is 184 cm³/mol. The Bertz CT molecular complexity index is 1680. The summed E-state index contributed by atoms with van der Waals surface area (Å²) in [6.45, 7) is 9.47. The molecule has 2 aromatic carbocycles. The van der Waals surface area contributed by atoms with Crippen molar-refractivity contribution in [3.8, 4) is 23.0 Å². The maximum absolute atomic E-state index is 13.3. The third-order valence-electron chi connectivity index (χ3n) is 9.62. The molecule has 0 bridgehead atoms. The van der Waals surface area contributed by atoms with Gasteiger partial charge in [-0.2, -0.15) is 0 Å². The van der Waals surface area contributed by atoms with Gasteiger partial charge in [0.05, 0.1) is 44.4 Å². The normalized spacial score (nSPS) is 26.6. The third-order valence-corrected chi connectivity index (χ3v) is 9.62. The lowest BCUT2D eigenvalue weighted by Gasteiger charge is -2.42. The van der Waals surface area contributed by atoms with Crippen LogP contribution in [0.1, 0.15) is 81.6 Å². The van der Waals surface area contributed by atoms with Crippen molar-refractivity contribution in [2.75, 3.05) is 27.4 Å². The Kier molecular flexibility index (Phi) is 8.80. The summed E-state index contributed by atoms with van der Waals surface area (Å²) in [4.78, 5) is 26.5. The zero-order chi connectivity index (χ0) is 33.5. The maximum Gasteiger partial charge on any atom is 0.261 e. The number of hydrogen-bond acceptors (Lipinski definition) is 10. The number of amides is 1. The lowest BCUT2D eigenvalue weighted by molar-refractivity contribution is 0.0755. The zero-order valence-electron chi connectivity index (χ0n) is 28.2. The number of methoxy groups -OCH3 is 2. The number of hydrogen-bond donors (Lipinski definition) is 2. The molecule has 4 heterocycles. The topological polar surface area (TPSA) is 137 Å². The number of unbranched alkanes of at least 4 members (excludes halogenated alkanes) is 2. The summed E-state index contributed by atoms with van der Waals surface area (Å²) in [5.41, 5.74) is 16.9. The second-order valence-electron chi connectivity index (χ2n) is 13.3. The molecule has 4 atom stereocenters.